The summed E-state index contributed by atoms with van der Waals surface area (Å²) in [7, 11) is 3.76. The number of carboxylic acid groups (broad SMARTS) is 1. The predicted molar refractivity (Wildman–Crippen MR) is 76.1 cm³/mol. The molecule has 0 unspecified atom stereocenters. The van der Waals surface area contributed by atoms with Gasteiger partial charge < -0.3 is 14.9 Å². The van der Waals surface area contributed by atoms with Crippen LogP contribution in [0.4, 0.5) is 0 Å². The van der Waals surface area contributed by atoms with Crippen LogP contribution in [0.5, 0.6) is 0 Å². The van der Waals surface area contributed by atoms with Crippen molar-refractivity contribution in [1.82, 2.24) is 9.80 Å². The van der Waals surface area contributed by atoms with E-state index in [2.05, 4.69) is 0 Å². The molecule has 1 rings (SSSR count). The first-order chi connectivity index (χ1) is 8.99. The molecule has 0 radical (unpaired) electrons. The van der Waals surface area contributed by atoms with Crippen LogP contribution in [0.2, 0.25) is 0 Å². The van der Waals surface area contributed by atoms with E-state index in [0.717, 1.165) is 4.88 Å². The molecule has 6 heteroatoms. The van der Waals surface area contributed by atoms with Gasteiger partial charge in [0.15, 0.2) is 0 Å². The summed E-state index contributed by atoms with van der Waals surface area (Å²) in [4.78, 5) is 26.9. The summed E-state index contributed by atoms with van der Waals surface area (Å²) in [6.45, 7) is 0.750. The van der Waals surface area contributed by atoms with Gasteiger partial charge in [0.05, 0.1) is 0 Å². The molecule has 5 nitrogen and oxygen atoms in total. The van der Waals surface area contributed by atoms with Gasteiger partial charge in [0, 0.05) is 24.0 Å². The van der Waals surface area contributed by atoms with Crippen LogP contribution in [0.25, 0.3) is 6.08 Å². The molecule has 0 atom stereocenters. The minimum atomic E-state index is -1.00. The van der Waals surface area contributed by atoms with Crippen molar-refractivity contribution in [1.29, 1.82) is 0 Å². The molecule has 1 heterocycles. The van der Waals surface area contributed by atoms with Crippen molar-refractivity contribution >= 4 is 29.3 Å². The van der Waals surface area contributed by atoms with Crippen molar-refractivity contribution < 1.29 is 14.7 Å². The van der Waals surface area contributed by atoms with Crippen LogP contribution >= 0.6 is 11.3 Å². The van der Waals surface area contributed by atoms with E-state index < -0.39 is 5.97 Å². The summed E-state index contributed by atoms with van der Waals surface area (Å²) in [5, 5.41) is 10.7. The predicted octanol–water partition coefficient (Wildman–Crippen LogP) is 1.24. The zero-order valence-electron chi connectivity index (χ0n) is 11.1. The lowest BCUT2D eigenvalue weighted by Crippen LogP contribution is -2.39. The minimum Gasteiger partial charge on any atom is -0.480 e. The highest BCUT2D eigenvalue weighted by Gasteiger charge is 2.14. The van der Waals surface area contributed by atoms with Gasteiger partial charge in [-0.25, -0.2) is 0 Å². The molecule has 0 aromatic carbocycles. The third-order valence-corrected chi connectivity index (χ3v) is 3.23. The van der Waals surface area contributed by atoms with Crippen LogP contribution in [0.3, 0.4) is 0 Å². The Balaban J connectivity index is 2.62. The lowest BCUT2D eigenvalue weighted by atomic mass is 10.3. The van der Waals surface area contributed by atoms with Gasteiger partial charge in [0.25, 0.3) is 0 Å². The molecule has 104 valence electrons. The molecule has 0 aliphatic carbocycles. The fraction of sp³-hybridized carbons (Fsp3) is 0.385. The van der Waals surface area contributed by atoms with Crippen molar-refractivity contribution in [2.45, 2.75) is 0 Å². The van der Waals surface area contributed by atoms with Gasteiger partial charge in [-0.1, -0.05) is 6.07 Å². The van der Waals surface area contributed by atoms with Gasteiger partial charge in [-0.05, 0) is 31.6 Å². The summed E-state index contributed by atoms with van der Waals surface area (Å²) in [5.41, 5.74) is 0. The van der Waals surface area contributed by atoms with Gasteiger partial charge in [0.2, 0.25) is 5.91 Å². The molecule has 0 saturated heterocycles. The average molecular weight is 282 g/mol. The number of hydrogen-bond acceptors (Lipinski definition) is 4. The number of carbonyl (C=O) groups is 2. The highest BCUT2D eigenvalue weighted by Crippen LogP contribution is 2.10. The van der Waals surface area contributed by atoms with Crippen LogP contribution in [0.15, 0.2) is 23.6 Å². The number of amides is 1. The lowest BCUT2D eigenvalue weighted by molar-refractivity contribution is -0.142. The standard InChI is InChI=1S/C13H18N2O3S/c1-14(2)7-8-15(10-13(17)18)12(16)6-5-11-4-3-9-19-11/h3-6,9H,7-8,10H2,1-2H3,(H,17,18)/b6-5+. The number of carboxylic acids is 1. The van der Waals surface area contributed by atoms with E-state index in [1.807, 2.05) is 36.5 Å². The number of nitrogens with zero attached hydrogens (tertiary/aromatic N) is 2. The van der Waals surface area contributed by atoms with Crippen LogP contribution in [-0.4, -0.2) is 60.5 Å². The van der Waals surface area contributed by atoms with E-state index in [0.29, 0.717) is 13.1 Å². The SMILES string of the molecule is CN(C)CCN(CC(=O)O)C(=O)/C=C/c1cccs1. The Hall–Kier alpha value is -1.66. The molecular formula is C13H18N2O3S. The molecule has 1 N–H and O–H groups in total. The minimum absolute atomic E-state index is 0.276. The Morgan fingerprint density at radius 1 is 1.37 bits per heavy atom. The maximum absolute atomic E-state index is 11.9. The van der Waals surface area contributed by atoms with Gasteiger partial charge in [-0.2, -0.15) is 0 Å². The normalized spacial score (nSPS) is 11.1. The number of hydrogen-bond donors (Lipinski definition) is 1. The lowest BCUT2D eigenvalue weighted by Gasteiger charge is -2.21. The number of rotatable bonds is 7. The van der Waals surface area contributed by atoms with Crippen LogP contribution < -0.4 is 0 Å². The van der Waals surface area contributed by atoms with Crippen LogP contribution in [0, 0.1) is 0 Å². The zero-order valence-corrected chi connectivity index (χ0v) is 11.9. The molecule has 0 aliphatic rings. The van der Waals surface area contributed by atoms with Crippen LogP contribution in [-0.2, 0) is 9.59 Å². The fourth-order valence-corrected chi connectivity index (χ4v) is 2.01. The van der Waals surface area contributed by atoms with Gasteiger partial charge in [0.1, 0.15) is 6.54 Å². The molecule has 0 bridgehead atoms. The summed E-state index contributed by atoms with van der Waals surface area (Å²) in [5.74, 6) is -1.28. The van der Waals surface area contributed by atoms with Crippen molar-refractivity contribution in [3.8, 4) is 0 Å². The second-order valence-corrected chi connectivity index (χ2v) is 5.28. The van der Waals surface area contributed by atoms with E-state index >= 15 is 0 Å². The second-order valence-electron chi connectivity index (χ2n) is 4.31. The maximum Gasteiger partial charge on any atom is 0.323 e. The number of aliphatic carboxylic acids is 1. The summed E-state index contributed by atoms with van der Waals surface area (Å²) in [6, 6.07) is 3.80. The quantitative estimate of drug-likeness (QED) is 0.764. The monoisotopic (exact) mass is 282 g/mol. The highest BCUT2D eigenvalue weighted by molar-refractivity contribution is 7.10. The molecule has 0 fully saturated rings. The van der Waals surface area contributed by atoms with E-state index in [-0.39, 0.29) is 12.5 Å². The van der Waals surface area contributed by atoms with E-state index in [1.54, 1.807) is 6.08 Å². The molecule has 1 amide bonds. The molecule has 1 aromatic heterocycles. The van der Waals surface area contributed by atoms with E-state index in [4.69, 9.17) is 5.11 Å². The van der Waals surface area contributed by atoms with Crippen LogP contribution in [0.1, 0.15) is 4.88 Å². The first-order valence-corrected chi connectivity index (χ1v) is 6.74. The largest absolute Gasteiger partial charge is 0.480 e. The Bertz CT molecular complexity index is 441. The number of likely N-dealkylation sites (N-methyl/N-ethyl adjacent to an activating group) is 1. The van der Waals surface area contributed by atoms with Crippen molar-refractivity contribution in [2.24, 2.45) is 0 Å². The molecule has 0 saturated carbocycles. The van der Waals surface area contributed by atoms with E-state index in [9.17, 15) is 9.59 Å². The van der Waals surface area contributed by atoms with Crippen molar-refractivity contribution in [3.05, 3.63) is 28.5 Å². The summed E-state index contributed by atoms with van der Waals surface area (Å²) < 4.78 is 0. The Labute approximate surface area is 116 Å². The maximum atomic E-state index is 11.9. The third kappa shape index (κ3) is 6.17. The molecular weight excluding hydrogens is 264 g/mol. The first kappa shape index (κ1) is 15.4. The van der Waals surface area contributed by atoms with Gasteiger partial charge in [-0.3, -0.25) is 9.59 Å². The van der Waals surface area contributed by atoms with Gasteiger partial charge >= 0.3 is 5.97 Å². The summed E-state index contributed by atoms with van der Waals surface area (Å²) in [6.07, 6.45) is 3.13. The topological polar surface area (TPSA) is 60.9 Å². The molecule has 0 aliphatic heterocycles. The Kier molecular flexibility index (Phi) is 6.24. The smallest absolute Gasteiger partial charge is 0.323 e. The first-order valence-electron chi connectivity index (χ1n) is 5.86. The number of carbonyl (C=O) groups excluding carboxylic acids is 1. The summed E-state index contributed by atoms with van der Waals surface area (Å²) >= 11 is 1.53. The Morgan fingerprint density at radius 2 is 2.11 bits per heavy atom. The highest BCUT2D eigenvalue weighted by atomic mass is 32.1. The molecule has 0 spiro atoms. The Morgan fingerprint density at radius 3 is 2.63 bits per heavy atom. The molecule has 1 aromatic rings. The van der Waals surface area contributed by atoms with Gasteiger partial charge in [-0.15, -0.1) is 11.3 Å². The zero-order chi connectivity index (χ0) is 14.3. The van der Waals surface area contributed by atoms with Crippen molar-refractivity contribution in [3.63, 3.8) is 0 Å². The average Bonchev–Trinajstić information content (AvgIpc) is 2.83. The molecule has 19 heavy (non-hydrogen) atoms. The fourth-order valence-electron chi connectivity index (χ4n) is 1.40. The van der Waals surface area contributed by atoms with Crippen molar-refractivity contribution in [2.75, 3.05) is 33.7 Å². The van der Waals surface area contributed by atoms with E-state index in [1.165, 1.54) is 22.3 Å². The third-order valence-electron chi connectivity index (χ3n) is 2.39. The number of thiophene rings is 1. The second kappa shape index (κ2) is 7.70.